The second-order valence-electron chi connectivity index (χ2n) is 13.5. The van der Waals surface area contributed by atoms with E-state index in [2.05, 4.69) is 0 Å². The van der Waals surface area contributed by atoms with Crippen LogP contribution in [0.2, 0.25) is 0 Å². The number of anilines is 3. The number of alkyl halides is 1. The molecule has 0 saturated heterocycles. The maximum absolute atomic E-state index is 12.6. The molecule has 0 amide bonds. The molecule has 302 valence electrons. The second-order valence-corrected chi connectivity index (χ2v) is 19.7. The molecule has 0 aromatic heterocycles. The molecular formula is C42H42ClN5O7S3. The van der Waals surface area contributed by atoms with E-state index in [0.717, 1.165) is 11.1 Å². The normalized spacial score (nSPS) is 20.0. The molecular weight excluding hydrogens is 818 g/mol. The van der Waals surface area contributed by atoms with E-state index in [9.17, 15) is 30.4 Å². The van der Waals surface area contributed by atoms with Crippen molar-refractivity contribution < 1.29 is 30.4 Å². The maximum atomic E-state index is 12.6. The largest absolute Gasteiger partial charge is 0.384 e. The molecule has 0 fully saturated rings. The topological polar surface area (TPSA) is 193 Å². The zero-order valence-corrected chi connectivity index (χ0v) is 34.9. The summed E-state index contributed by atoms with van der Waals surface area (Å²) in [5.41, 5.74) is 11.9. The number of hydrogen-bond donors (Lipinski definition) is 3. The number of para-hydroxylation sites is 3. The number of fused-ring (bicyclic) bond motifs is 6. The van der Waals surface area contributed by atoms with Crippen molar-refractivity contribution in [3.05, 3.63) is 179 Å². The Morgan fingerprint density at radius 2 is 0.741 bits per heavy atom. The summed E-state index contributed by atoms with van der Waals surface area (Å²) < 4.78 is 79.3. The van der Waals surface area contributed by atoms with Gasteiger partial charge in [0.25, 0.3) is 30.1 Å². The molecule has 9 rings (SSSR count). The Balaban J connectivity index is 0.000000145. The first-order valence-electron chi connectivity index (χ1n) is 17.7. The number of benzene rings is 6. The molecule has 3 atom stereocenters. The fourth-order valence-electron chi connectivity index (χ4n) is 7.20. The van der Waals surface area contributed by atoms with Crippen LogP contribution in [0.25, 0.3) is 0 Å². The van der Waals surface area contributed by atoms with Gasteiger partial charge >= 0.3 is 0 Å². The molecule has 0 saturated carbocycles. The summed E-state index contributed by atoms with van der Waals surface area (Å²) in [4.78, 5) is 0.705. The molecule has 3 heterocycles. The van der Waals surface area contributed by atoms with Gasteiger partial charge in [-0.1, -0.05) is 109 Å². The molecule has 58 heavy (non-hydrogen) atoms. The number of nitrogens with two attached hydrogens (primary N) is 1. The standard InChI is InChI=1S/C14H12ClNO2S.C14H14N2O2S.C14H13NO3S.H3N/c2*1-16-12-8-4-2-6-10(12)14(15)11-7-3-5-9-13(11)19(16,17)18;1-15-12-8-4-2-6-10(12)14(16)11-7-3-5-9-13(11)19(15,17)18;/h2-9,14H,1H3;2-9,14H,15H2,1H3;2-9,14,16H,1H3;1H3. The minimum atomic E-state index is -3.63. The lowest BCUT2D eigenvalue weighted by Crippen LogP contribution is -2.26. The van der Waals surface area contributed by atoms with E-state index in [4.69, 9.17) is 17.3 Å². The number of nitrogens with zero attached hydrogens (tertiary/aromatic N) is 3. The lowest BCUT2D eigenvalue weighted by molar-refractivity contribution is 0.218. The highest BCUT2D eigenvalue weighted by molar-refractivity contribution is 7.93. The molecule has 3 aliphatic rings. The molecule has 3 aliphatic heterocycles. The third-order valence-corrected chi connectivity index (χ3v) is 16.3. The zero-order valence-electron chi connectivity index (χ0n) is 31.7. The third kappa shape index (κ3) is 7.12. The van der Waals surface area contributed by atoms with Crippen LogP contribution in [0.1, 0.15) is 50.9 Å². The summed E-state index contributed by atoms with van der Waals surface area (Å²) >= 11 is 6.48. The maximum Gasteiger partial charge on any atom is 0.264 e. The Morgan fingerprint density at radius 3 is 1.22 bits per heavy atom. The van der Waals surface area contributed by atoms with Crippen molar-refractivity contribution in [1.82, 2.24) is 6.15 Å². The van der Waals surface area contributed by atoms with Gasteiger partial charge in [0.1, 0.15) is 6.10 Å². The van der Waals surface area contributed by atoms with Gasteiger partial charge in [0.15, 0.2) is 0 Å². The number of aliphatic hydroxyl groups is 1. The van der Waals surface area contributed by atoms with E-state index in [1.807, 2.05) is 42.5 Å². The molecule has 6 aromatic carbocycles. The van der Waals surface area contributed by atoms with Crippen molar-refractivity contribution >= 4 is 58.7 Å². The molecule has 6 aromatic rings. The molecule has 16 heteroatoms. The van der Waals surface area contributed by atoms with Crippen LogP contribution < -0.4 is 24.8 Å². The summed E-state index contributed by atoms with van der Waals surface area (Å²) in [5, 5.41) is 9.99. The number of hydrogen-bond acceptors (Lipinski definition) is 9. The summed E-state index contributed by atoms with van der Waals surface area (Å²) in [6.45, 7) is 0. The molecule has 0 bridgehead atoms. The van der Waals surface area contributed by atoms with Gasteiger partial charge in [-0.2, -0.15) is 0 Å². The van der Waals surface area contributed by atoms with Gasteiger partial charge in [0.05, 0.1) is 43.2 Å². The fraction of sp³-hybridized carbons (Fsp3) is 0.143. The van der Waals surface area contributed by atoms with Crippen LogP contribution in [0.4, 0.5) is 17.1 Å². The highest BCUT2D eigenvalue weighted by Crippen LogP contribution is 2.43. The first kappa shape index (κ1) is 42.3. The minimum absolute atomic E-state index is 0. The SMILES string of the molecule is CN1c2ccccc2C(Cl)c2ccccc2S1(=O)=O.CN1c2ccccc2C(N)c2ccccc2S1(=O)=O.CN1c2ccccc2C(O)c2ccccc2S1(=O)=O.N. The summed E-state index contributed by atoms with van der Waals surface area (Å²) in [6.07, 6.45) is -0.938. The van der Waals surface area contributed by atoms with Gasteiger partial charge in [0, 0.05) is 32.3 Å². The van der Waals surface area contributed by atoms with Gasteiger partial charge in [-0.25, -0.2) is 25.3 Å². The lowest BCUT2D eigenvalue weighted by Gasteiger charge is -2.19. The van der Waals surface area contributed by atoms with Gasteiger partial charge in [-0.15, -0.1) is 11.6 Å². The van der Waals surface area contributed by atoms with Crippen molar-refractivity contribution in [2.45, 2.75) is 32.2 Å². The predicted octanol–water partition coefficient (Wildman–Crippen LogP) is 7.10. The number of sulfonamides is 3. The predicted molar refractivity (Wildman–Crippen MR) is 228 cm³/mol. The minimum Gasteiger partial charge on any atom is -0.384 e. The van der Waals surface area contributed by atoms with Crippen LogP contribution in [-0.2, 0) is 30.1 Å². The molecule has 0 spiro atoms. The highest BCUT2D eigenvalue weighted by atomic mass is 35.5. The van der Waals surface area contributed by atoms with Crippen molar-refractivity contribution in [2.24, 2.45) is 5.73 Å². The Hall–Kier alpha value is -5.26. The van der Waals surface area contributed by atoms with E-state index < -0.39 is 47.6 Å². The van der Waals surface area contributed by atoms with Crippen molar-refractivity contribution in [3.8, 4) is 0 Å². The van der Waals surface area contributed by atoms with Crippen LogP contribution in [0.5, 0.6) is 0 Å². The lowest BCUT2D eigenvalue weighted by atomic mass is 9.98. The first-order chi connectivity index (χ1) is 27.1. The Morgan fingerprint density at radius 1 is 0.448 bits per heavy atom. The Kier molecular flexibility index (Phi) is 11.8. The zero-order chi connectivity index (χ0) is 40.9. The number of aliphatic hydroxyl groups excluding tert-OH is 1. The van der Waals surface area contributed by atoms with Gasteiger partial charge in [0.2, 0.25) is 0 Å². The highest BCUT2D eigenvalue weighted by Gasteiger charge is 2.36. The van der Waals surface area contributed by atoms with Crippen LogP contribution in [0, 0.1) is 0 Å². The molecule has 6 N–H and O–H groups in total. The van der Waals surface area contributed by atoms with E-state index in [1.165, 1.54) is 26.0 Å². The average Bonchev–Trinajstić information content (AvgIpc) is 3.38. The Labute approximate surface area is 344 Å². The summed E-state index contributed by atoms with van der Waals surface area (Å²) in [5.74, 6) is 0. The summed E-state index contributed by atoms with van der Waals surface area (Å²) in [6, 6.07) is 41.5. The monoisotopic (exact) mass is 859 g/mol. The van der Waals surface area contributed by atoms with E-state index >= 15 is 0 Å². The first-order valence-corrected chi connectivity index (χ1v) is 22.4. The van der Waals surface area contributed by atoms with Crippen LogP contribution in [0.3, 0.4) is 0 Å². The van der Waals surface area contributed by atoms with E-state index in [-0.39, 0.29) is 20.8 Å². The van der Waals surface area contributed by atoms with Crippen LogP contribution in [0.15, 0.2) is 160 Å². The molecule has 3 unspecified atom stereocenters. The number of rotatable bonds is 0. The molecule has 12 nitrogen and oxygen atoms in total. The third-order valence-electron chi connectivity index (χ3n) is 10.3. The van der Waals surface area contributed by atoms with E-state index in [1.54, 1.807) is 111 Å². The van der Waals surface area contributed by atoms with Gasteiger partial charge < -0.3 is 17.0 Å². The van der Waals surface area contributed by atoms with Gasteiger partial charge in [-0.05, 0) is 58.7 Å². The smallest absolute Gasteiger partial charge is 0.264 e. The number of halogens is 1. The van der Waals surface area contributed by atoms with Crippen molar-refractivity contribution in [1.29, 1.82) is 0 Å². The van der Waals surface area contributed by atoms with Crippen molar-refractivity contribution in [2.75, 3.05) is 34.1 Å². The van der Waals surface area contributed by atoms with Crippen LogP contribution in [-0.4, -0.2) is 51.5 Å². The van der Waals surface area contributed by atoms with Gasteiger partial charge in [-0.3, -0.25) is 12.9 Å². The summed E-state index contributed by atoms with van der Waals surface area (Å²) in [7, 11) is -6.12. The van der Waals surface area contributed by atoms with E-state index in [0.29, 0.717) is 39.3 Å². The quantitative estimate of drug-likeness (QED) is 0.134. The Bertz CT molecular complexity index is 2540. The van der Waals surface area contributed by atoms with Crippen LogP contribution >= 0.6 is 11.6 Å². The second kappa shape index (κ2) is 16.2. The molecule has 0 radical (unpaired) electrons. The van der Waals surface area contributed by atoms with Crippen molar-refractivity contribution in [3.63, 3.8) is 0 Å². The fourth-order valence-corrected chi connectivity index (χ4v) is 12.0. The average molecular weight is 860 g/mol. The molecule has 0 aliphatic carbocycles.